The van der Waals surface area contributed by atoms with Gasteiger partial charge >= 0.3 is 0 Å². The molecule has 186 valence electrons. The molecule has 37 heavy (non-hydrogen) atoms. The highest BCUT2D eigenvalue weighted by molar-refractivity contribution is 7.92. The first-order valence-corrected chi connectivity index (χ1v) is 12.8. The van der Waals surface area contributed by atoms with Gasteiger partial charge in [-0.2, -0.15) is 0 Å². The number of nitrogens with one attached hydrogen (secondary N) is 2. The van der Waals surface area contributed by atoms with Crippen LogP contribution in [0.5, 0.6) is 0 Å². The van der Waals surface area contributed by atoms with Gasteiger partial charge in [0.05, 0.1) is 9.82 Å². The summed E-state index contributed by atoms with van der Waals surface area (Å²) in [6, 6.07) is 26.8. The molecule has 0 aliphatic rings. The van der Waals surface area contributed by atoms with Crippen molar-refractivity contribution in [2.45, 2.75) is 4.90 Å². The normalized spacial score (nSPS) is 11.5. The molecule has 0 aliphatic carbocycles. The molecule has 0 bridgehead atoms. The summed E-state index contributed by atoms with van der Waals surface area (Å²) in [6.07, 6.45) is 1.56. The molecule has 0 saturated heterocycles. The van der Waals surface area contributed by atoms with E-state index in [1.54, 1.807) is 66.7 Å². The van der Waals surface area contributed by atoms with Crippen molar-refractivity contribution in [1.82, 2.24) is 0 Å². The van der Waals surface area contributed by atoms with E-state index in [4.69, 9.17) is 11.6 Å². The molecule has 0 spiro atoms. The predicted molar refractivity (Wildman–Crippen MR) is 145 cm³/mol. The minimum atomic E-state index is -3.85. The summed E-state index contributed by atoms with van der Waals surface area (Å²) >= 11 is 5.84. The van der Waals surface area contributed by atoms with Crippen LogP contribution in [0.2, 0.25) is 5.02 Å². The maximum absolute atomic E-state index is 13.2. The minimum Gasteiger partial charge on any atom is -0.322 e. The van der Waals surface area contributed by atoms with E-state index in [0.717, 1.165) is 0 Å². The molecular weight excluding hydrogens is 514 g/mol. The zero-order valence-electron chi connectivity index (χ0n) is 19.2. The minimum absolute atomic E-state index is 0.0101. The van der Waals surface area contributed by atoms with E-state index >= 15 is 0 Å². The monoisotopic (exact) mass is 533 g/mol. The summed E-state index contributed by atoms with van der Waals surface area (Å²) < 4.78 is 27.9. The molecule has 0 unspecified atom stereocenters. The number of nitrogens with zero attached hydrogens (tertiary/aromatic N) is 1. The lowest BCUT2D eigenvalue weighted by atomic mass is 10.0. The molecule has 4 aromatic rings. The van der Waals surface area contributed by atoms with E-state index < -0.39 is 20.9 Å². The number of carbonyl (C=O) groups excluding carboxylic acids is 1. The number of amides is 1. The molecule has 0 radical (unpaired) electrons. The van der Waals surface area contributed by atoms with E-state index in [1.807, 2.05) is 6.07 Å². The summed E-state index contributed by atoms with van der Waals surface area (Å²) in [5, 5.41) is 14.4. The second-order valence-electron chi connectivity index (χ2n) is 7.87. The summed E-state index contributed by atoms with van der Waals surface area (Å²) in [5.74, 6) is -0.465. The Labute approximate surface area is 218 Å². The summed E-state index contributed by atoms with van der Waals surface area (Å²) in [4.78, 5) is 23.9. The topological polar surface area (TPSA) is 118 Å². The molecule has 4 rings (SSSR count). The Balaban J connectivity index is 1.57. The van der Waals surface area contributed by atoms with Gasteiger partial charge in [0.1, 0.15) is 0 Å². The Morgan fingerprint density at radius 3 is 2.14 bits per heavy atom. The van der Waals surface area contributed by atoms with Crippen molar-refractivity contribution < 1.29 is 18.1 Å². The molecule has 0 aromatic heterocycles. The molecule has 0 aliphatic heterocycles. The van der Waals surface area contributed by atoms with Crippen LogP contribution in [0, 0.1) is 10.1 Å². The molecule has 0 fully saturated rings. The molecule has 10 heteroatoms. The van der Waals surface area contributed by atoms with Crippen molar-refractivity contribution in [2.75, 3.05) is 10.0 Å². The van der Waals surface area contributed by atoms with Gasteiger partial charge in [0.15, 0.2) is 0 Å². The number of nitro groups is 1. The molecule has 4 aromatic carbocycles. The lowest BCUT2D eigenvalue weighted by Crippen LogP contribution is -2.15. The zero-order chi connectivity index (χ0) is 26.4. The van der Waals surface area contributed by atoms with Crippen molar-refractivity contribution in [3.05, 3.63) is 129 Å². The van der Waals surface area contributed by atoms with E-state index in [2.05, 4.69) is 10.0 Å². The number of rotatable bonds is 8. The largest absolute Gasteiger partial charge is 0.322 e. The maximum Gasteiger partial charge on any atom is 0.270 e. The molecule has 8 nitrogen and oxygen atoms in total. The van der Waals surface area contributed by atoms with Gasteiger partial charge in [-0.05, 0) is 65.7 Å². The van der Waals surface area contributed by atoms with Gasteiger partial charge < -0.3 is 5.32 Å². The van der Waals surface area contributed by atoms with Crippen LogP contribution in [0.25, 0.3) is 11.6 Å². The number of carbonyl (C=O) groups is 1. The van der Waals surface area contributed by atoms with E-state index in [1.165, 1.54) is 36.4 Å². The van der Waals surface area contributed by atoms with E-state index in [-0.39, 0.29) is 16.2 Å². The first-order chi connectivity index (χ1) is 17.7. The average Bonchev–Trinajstić information content (AvgIpc) is 2.89. The molecule has 0 heterocycles. The van der Waals surface area contributed by atoms with Gasteiger partial charge in [0, 0.05) is 34.1 Å². The average molecular weight is 534 g/mol. The van der Waals surface area contributed by atoms with Crippen LogP contribution >= 0.6 is 11.6 Å². The fourth-order valence-corrected chi connectivity index (χ4v) is 4.62. The van der Waals surface area contributed by atoms with Gasteiger partial charge in [0.2, 0.25) is 0 Å². The second-order valence-corrected chi connectivity index (χ2v) is 9.99. The Hall–Kier alpha value is -4.47. The summed E-state index contributed by atoms with van der Waals surface area (Å²) in [7, 11) is -3.85. The van der Waals surface area contributed by atoms with E-state index in [0.29, 0.717) is 27.5 Å². The van der Waals surface area contributed by atoms with Crippen molar-refractivity contribution in [3.8, 4) is 0 Å². The number of halogens is 1. The van der Waals surface area contributed by atoms with Gasteiger partial charge in [-0.1, -0.05) is 54.1 Å². The van der Waals surface area contributed by atoms with Gasteiger partial charge in [-0.3, -0.25) is 19.6 Å². The molecule has 0 saturated carbocycles. The number of hydrogen-bond donors (Lipinski definition) is 2. The number of anilines is 2. The first kappa shape index (κ1) is 25.6. The SMILES string of the molecule is O=C(Nc1ccc(S(=O)(=O)Nc2ccc(Cl)cc2)cc1)/C(=C/c1cccc([N+](=O)[O-])c1)c1ccccc1. The lowest BCUT2D eigenvalue weighted by molar-refractivity contribution is -0.384. The van der Waals surface area contributed by atoms with Crippen molar-refractivity contribution in [1.29, 1.82) is 0 Å². The van der Waals surface area contributed by atoms with Crippen molar-refractivity contribution in [3.63, 3.8) is 0 Å². The van der Waals surface area contributed by atoms with Crippen LogP contribution in [0.4, 0.5) is 17.1 Å². The highest BCUT2D eigenvalue weighted by Gasteiger charge is 2.16. The Morgan fingerprint density at radius 1 is 0.838 bits per heavy atom. The van der Waals surface area contributed by atoms with Crippen LogP contribution in [0.3, 0.4) is 0 Å². The van der Waals surface area contributed by atoms with Crippen molar-refractivity contribution >= 4 is 56.2 Å². The van der Waals surface area contributed by atoms with E-state index in [9.17, 15) is 23.3 Å². The third kappa shape index (κ3) is 6.60. The van der Waals surface area contributed by atoms with Crippen molar-refractivity contribution in [2.24, 2.45) is 0 Å². The number of nitro benzene ring substituents is 1. The Morgan fingerprint density at radius 2 is 1.49 bits per heavy atom. The fourth-order valence-electron chi connectivity index (χ4n) is 3.44. The molecule has 1 amide bonds. The van der Waals surface area contributed by atoms with Crippen LogP contribution in [0.15, 0.2) is 108 Å². The smallest absolute Gasteiger partial charge is 0.270 e. The lowest BCUT2D eigenvalue weighted by Gasteiger charge is -2.11. The van der Waals surface area contributed by atoms with Crippen LogP contribution in [-0.4, -0.2) is 19.2 Å². The van der Waals surface area contributed by atoms with Gasteiger partial charge in [0.25, 0.3) is 21.6 Å². The molecular formula is C27H20ClN3O5S. The molecule has 2 N–H and O–H groups in total. The number of hydrogen-bond acceptors (Lipinski definition) is 5. The number of benzene rings is 4. The fraction of sp³-hybridized carbons (Fsp3) is 0. The zero-order valence-corrected chi connectivity index (χ0v) is 20.7. The summed E-state index contributed by atoms with van der Waals surface area (Å²) in [6.45, 7) is 0. The third-order valence-corrected chi connectivity index (χ3v) is 6.89. The maximum atomic E-state index is 13.2. The molecule has 0 atom stereocenters. The Bertz CT molecular complexity index is 1570. The Kier molecular flexibility index (Phi) is 7.66. The number of non-ortho nitro benzene ring substituents is 1. The number of sulfonamides is 1. The quantitative estimate of drug-likeness (QED) is 0.120. The second kappa shape index (κ2) is 11.1. The van der Waals surface area contributed by atoms with Gasteiger partial charge in [-0.25, -0.2) is 8.42 Å². The summed E-state index contributed by atoms with van der Waals surface area (Å²) in [5.41, 5.74) is 2.01. The van der Waals surface area contributed by atoms with Crippen LogP contribution < -0.4 is 10.0 Å². The highest BCUT2D eigenvalue weighted by atomic mass is 35.5. The highest BCUT2D eigenvalue weighted by Crippen LogP contribution is 2.24. The van der Waals surface area contributed by atoms with Crippen LogP contribution in [0.1, 0.15) is 11.1 Å². The standard InChI is InChI=1S/C27H20ClN3O5S/c28-21-9-11-23(12-10-21)30-37(35,36)25-15-13-22(14-16-25)29-27(32)26(20-6-2-1-3-7-20)18-19-5-4-8-24(17-19)31(33)34/h1-18,30H,(H,29,32)/b26-18+. The predicted octanol–water partition coefficient (Wildman–Crippen LogP) is 6.23. The van der Waals surface area contributed by atoms with Gasteiger partial charge in [-0.15, -0.1) is 0 Å². The first-order valence-electron chi connectivity index (χ1n) is 10.9. The van der Waals surface area contributed by atoms with Crippen LogP contribution in [-0.2, 0) is 14.8 Å². The third-order valence-electron chi connectivity index (χ3n) is 5.24.